The molecule has 0 fully saturated rings. The molecule has 2 rings (SSSR count). The van der Waals surface area contributed by atoms with Gasteiger partial charge in [0.25, 0.3) is 0 Å². The zero-order chi connectivity index (χ0) is 12.4. The summed E-state index contributed by atoms with van der Waals surface area (Å²) in [5, 5.41) is 0.427. The number of nitrogens with two attached hydrogens (primary N) is 1. The van der Waals surface area contributed by atoms with Gasteiger partial charge in [0, 0.05) is 16.4 Å². The van der Waals surface area contributed by atoms with Crippen molar-refractivity contribution in [3.05, 3.63) is 56.1 Å². The van der Waals surface area contributed by atoms with E-state index in [1.165, 1.54) is 10.8 Å². The molecule has 0 aliphatic carbocycles. The maximum atomic E-state index is 11.5. The summed E-state index contributed by atoms with van der Waals surface area (Å²) in [5.74, 6) is 0. The lowest BCUT2D eigenvalue weighted by atomic mass is 10.2. The van der Waals surface area contributed by atoms with E-state index in [9.17, 15) is 4.79 Å². The number of anilines is 1. The number of aromatic nitrogens is 2. The Hall–Kier alpha value is -1.33. The predicted molar refractivity (Wildman–Crippen MR) is 71.2 cm³/mol. The van der Waals surface area contributed by atoms with Crippen LogP contribution in [0.15, 0.2) is 39.9 Å². The van der Waals surface area contributed by atoms with Crippen molar-refractivity contribution in [2.45, 2.75) is 6.54 Å². The quantitative estimate of drug-likeness (QED) is 0.865. The molecule has 0 amide bonds. The molecule has 0 radical (unpaired) electrons. The van der Waals surface area contributed by atoms with Crippen molar-refractivity contribution in [2.75, 3.05) is 5.73 Å². The topological polar surface area (TPSA) is 60.9 Å². The highest BCUT2D eigenvalue weighted by atomic mass is 79.9. The second-order valence-corrected chi connectivity index (χ2v) is 4.82. The van der Waals surface area contributed by atoms with E-state index >= 15 is 0 Å². The standard InChI is InChI=1S/C11H9BrClN3O/c12-10-3-9(14)2-1-7(10)5-16-6-8(13)4-15-11(16)17/h1-4,6H,5,14H2. The van der Waals surface area contributed by atoms with Crippen molar-refractivity contribution in [1.82, 2.24) is 9.55 Å². The number of nitrogen functional groups attached to an aromatic ring is 1. The van der Waals surface area contributed by atoms with Crippen LogP contribution in [-0.4, -0.2) is 9.55 Å². The van der Waals surface area contributed by atoms with Gasteiger partial charge >= 0.3 is 5.69 Å². The van der Waals surface area contributed by atoms with E-state index in [0.29, 0.717) is 17.3 Å². The predicted octanol–water partition coefficient (Wildman–Crippen LogP) is 2.29. The fraction of sp³-hybridized carbons (Fsp3) is 0.0909. The SMILES string of the molecule is Nc1ccc(Cn2cc(Cl)cnc2=O)c(Br)c1. The number of rotatable bonds is 2. The molecular formula is C11H9BrClN3O. The molecule has 4 nitrogen and oxygen atoms in total. The van der Waals surface area contributed by atoms with Crippen molar-refractivity contribution in [2.24, 2.45) is 0 Å². The Bertz CT molecular complexity index is 612. The molecule has 0 aliphatic rings. The molecule has 0 spiro atoms. The van der Waals surface area contributed by atoms with Crippen LogP contribution in [0.5, 0.6) is 0 Å². The molecule has 2 N–H and O–H groups in total. The fourth-order valence-corrected chi connectivity index (χ4v) is 2.11. The number of hydrogen-bond donors (Lipinski definition) is 1. The van der Waals surface area contributed by atoms with Crippen LogP contribution in [0.25, 0.3) is 0 Å². The minimum absolute atomic E-state index is 0.335. The highest BCUT2D eigenvalue weighted by Gasteiger charge is 2.04. The van der Waals surface area contributed by atoms with Crippen LogP contribution in [0.3, 0.4) is 0 Å². The van der Waals surface area contributed by atoms with Crippen LogP contribution in [-0.2, 0) is 6.54 Å². The summed E-state index contributed by atoms with van der Waals surface area (Å²) in [6.07, 6.45) is 2.89. The molecular weight excluding hydrogens is 305 g/mol. The van der Waals surface area contributed by atoms with Gasteiger partial charge in [0.1, 0.15) is 0 Å². The van der Waals surface area contributed by atoms with E-state index in [4.69, 9.17) is 17.3 Å². The van der Waals surface area contributed by atoms with Crippen LogP contribution in [0.1, 0.15) is 5.56 Å². The lowest BCUT2D eigenvalue weighted by molar-refractivity contribution is 0.725. The van der Waals surface area contributed by atoms with Crippen molar-refractivity contribution in [1.29, 1.82) is 0 Å². The summed E-state index contributed by atoms with van der Waals surface area (Å²) in [6.45, 7) is 0.396. The Kier molecular flexibility index (Phi) is 3.49. The Morgan fingerprint density at radius 2 is 2.24 bits per heavy atom. The summed E-state index contributed by atoms with van der Waals surface area (Å²) in [5.41, 5.74) is 6.91. The second kappa shape index (κ2) is 4.89. The third-order valence-electron chi connectivity index (χ3n) is 2.24. The van der Waals surface area contributed by atoms with Crippen LogP contribution in [0.2, 0.25) is 5.02 Å². The van der Waals surface area contributed by atoms with Gasteiger partial charge in [-0.05, 0) is 17.7 Å². The molecule has 6 heteroatoms. The van der Waals surface area contributed by atoms with E-state index in [1.54, 1.807) is 18.3 Å². The molecule has 0 saturated carbocycles. The average molecular weight is 315 g/mol. The Balaban J connectivity index is 2.38. The van der Waals surface area contributed by atoms with E-state index in [1.807, 2.05) is 6.07 Å². The summed E-state index contributed by atoms with van der Waals surface area (Å²) in [6, 6.07) is 5.42. The first-order chi connectivity index (χ1) is 8.06. The number of halogens is 2. The zero-order valence-electron chi connectivity index (χ0n) is 8.73. The van der Waals surface area contributed by atoms with Crippen LogP contribution in [0.4, 0.5) is 5.69 Å². The Morgan fingerprint density at radius 3 is 2.94 bits per heavy atom. The second-order valence-electron chi connectivity index (χ2n) is 3.53. The molecule has 0 atom stereocenters. The highest BCUT2D eigenvalue weighted by Crippen LogP contribution is 2.20. The molecule has 0 aliphatic heterocycles. The molecule has 1 aromatic carbocycles. The van der Waals surface area contributed by atoms with E-state index in [2.05, 4.69) is 20.9 Å². The smallest absolute Gasteiger partial charge is 0.347 e. The van der Waals surface area contributed by atoms with Crippen molar-refractivity contribution >= 4 is 33.2 Å². The third kappa shape index (κ3) is 2.87. The number of benzene rings is 1. The maximum Gasteiger partial charge on any atom is 0.347 e. The van der Waals surface area contributed by atoms with E-state index < -0.39 is 0 Å². The number of hydrogen-bond acceptors (Lipinski definition) is 3. The minimum Gasteiger partial charge on any atom is -0.399 e. The third-order valence-corrected chi connectivity index (χ3v) is 3.17. The van der Waals surface area contributed by atoms with Crippen molar-refractivity contribution in [3.8, 4) is 0 Å². The van der Waals surface area contributed by atoms with Gasteiger partial charge in [-0.15, -0.1) is 0 Å². The molecule has 0 bridgehead atoms. The van der Waals surface area contributed by atoms with E-state index in [0.717, 1.165) is 10.0 Å². The molecule has 0 saturated heterocycles. The molecule has 1 aromatic heterocycles. The van der Waals surface area contributed by atoms with Gasteiger partial charge in [-0.3, -0.25) is 4.57 Å². The van der Waals surface area contributed by atoms with Gasteiger partial charge in [-0.25, -0.2) is 9.78 Å². The summed E-state index contributed by atoms with van der Waals surface area (Å²) in [7, 11) is 0. The zero-order valence-corrected chi connectivity index (χ0v) is 11.1. The first kappa shape index (κ1) is 12.1. The van der Waals surface area contributed by atoms with Crippen LogP contribution in [0, 0.1) is 0 Å². The average Bonchev–Trinajstić information content (AvgIpc) is 2.27. The van der Waals surface area contributed by atoms with Crippen molar-refractivity contribution < 1.29 is 0 Å². The first-order valence-corrected chi connectivity index (χ1v) is 5.99. The van der Waals surface area contributed by atoms with Crippen LogP contribution >= 0.6 is 27.5 Å². The normalized spacial score (nSPS) is 10.5. The first-order valence-electron chi connectivity index (χ1n) is 4.82. The summed E-state index contributed by atoms with van der Waals surface area (Å²) < 4.78 is 2.29. The Morgan fingerprint density at radius 1 is 1.47 bits per heavy atom. The van der Waals surface area contributed by atoms with Gasteiger partial charge in [-0.2, -0.15) is 0 Å². The molecule has 0 unspecified atom stereocenters. The van der Waals surface area contributed by atoms with Gasteiger partial charge in [0.15, 0.2) is 0 Å². The monoisotopic (exact) mass is 313 g/mol. The molecule has 2 aromatic rings. The maximum absolute atomic E-state index is 11.5. The molecule has 88 valence electrons. The van der Waals surface area contributed by atoms with Gasteiger partial charge in [0.2, 0.25) is 0 Å². The minimum atomic E-state index is -0.335. The molecule has 1 heterocycles. The Labute approximate surface area is 111 Å². The largest absolute Gasteiger partial charge is 0.399 e. The summed E-state index contributed by atoms with van der Waals surface area (Å²) >= 11 is 9.19. The number of nitrogens with zero attached hydrogens (tertiary/aromatic N) is 2. The summed E-state index contributed by atoms with van der Waals surface area (Å²) in [4.78, 5) is 15.2. The van der Waals surface area contributed by atoms with Gasteiger partial charge in [-0.1, -0.05) is 33.6 Å². The van der Waals surface area contributed by atoms with E-state index in [-0.39, 0.29) is 5.69 Å². The van der Waals surface area contributed by atoms with Crippen LogP contribution < -0.4 is 11.4 Å². The highest BCUT2D eigenvalue weighted by molar-refractivity contribution is 9.10. The van der Waals surface area contributed by atoms with Gasteiger partial charge in [0.05, 0.1) is 17.8 Å². The van der Waals surface area contributed by atoms with Crippen molar-refractivity contribution in [3.63, 3.8) is 0 Å². The van der Waals surface area contributed by atoms with Gasteiger partial charge < -0.3 is 5.73 Å². The lowest BCUT2D eigenvalue weighted by Gasteiger charge is -2.08. The fourth-order valence-electron chi connectivity index (χ4n) is 1.42. The lowest BCUT2D eigenvalue weighted by Crippen LogP contribution is -2.22. The molecule has 17 heavy (non-hydrogen) atoms.